The fourth-order valence-corrected chi connectivity index (χ4v) is 1.62. The van der Waals surface area contributed by atoms with Crippen LogP contribution in [-0.4, -0.2) is 29.5 Å². The Hall–Kier alpha value is -0.580. The van der Waals surface area contributed by atoms with Gasteiger partial charge in [-0.15, -0.1) is 0 Å². The lowest BCUT2D eigenvalue weighted by molar-refractivity contribution is 0.149. The van der Waals surface area contributed by atoms with E-state index in [1.54, 1.807) is 4.68 Å². The number of rotatable bonds is 6. The van der Waals surface area contributed by atoms with Crippen LogP contribution in [0.1, 0.15) is 18.2 Å². The highest BCUT2D eigenvalue weighted by Gasteiger charge is 2.09. The van der Waals surface area contributed by atoms with Crippen LogP contribution in [0.2, 0.25) is 5.15 Å². The Kier molecular flexibility index (Phi) is 5.08. The van der Waals surface area contributed by atoms with Gasteiger partial charge in [0.15, 0.2) is 0 Å². The van der Waals surface area contributed by atoms with E-state index in [0.717, 1.165) is 37.6 Å². The van der Waals surface area contributed by atoms with Gasteiger partial charge in [0.2, 0.25) is 0 Å². The van der Waals surface area contributed by atoms with Gasteiger partial charge in [-0.05, 0) is 13.8 Å². The van der Waals surface area contributed by atoms with Gasteiger partial charge >= 0.3 is 0 Å². The van der Waals surface area contributed by atoms with E-state index < -0.39 is 0 Å². The number of nitrogens with one attached hydrogen (secondary N) is 1. The summed E-state index contributed by atoms with van der Waals surface area (Å²) < 4.78 is 6.91. The Labute approximate surface area is 95.6 Å². The highest BCUT2D eigenvalue weighted by Crippen LogP contribution is 2.17. The number of hydrogen-bond donors (Lipinski definition) is 1. The van der Waals surface area contributed by atoms with Crippen molar-refractivity contribution in [2.24, 2.45) is 7.05 Å². The standard InChI is InChI=1S/C10H18ClN3O/c1-4-15-6-5-12-7-9-8(2)13-14(3)10(9)11/h12H,4-7H2,1-3H3. The van der Waals surface area contributed by atoms with Crippen LogP contribution in [0.15, 0.2) is 0 Å². The molecule has 15 heavy (non-hydrogen) atoms. The third kappa shape index (κ3) is 3.48. The van der Waals surface area contributed by atoms with Gasteiger partial charge in [-0.25, -0.2) is 0 Å². The van der Waals surface area contributed by atoms with Gasteiger partial charge in [0.05, 0.1) is 12.3 Å². The molecule has 4 nitrogen and oxygen atoms in total. The minimum Gasteiger partial charge on any atom is -0.380 e. The second-order valence-electron chi connectivity index (χ2n) is 3.35. The smallest absolute Gasteiger partial charge is 0.131 e. The average molecular weight is 232 g/mol. The molecule has 0 saturated carbocycles. The fraction of sp³-hybridized carbons (Fsp3) is 0.700. The summed E-state index contributed by atoms with van der Waals surface area (Å²) in [4.78, 5) is 0. The Morgan fingerprint density at radius 1 is 1.53 bits per heavy atom. The minimum atomic E-state index is 0.705. The zero-order valence-corrected chi connectivity index (χ0v) is 10.3. The van der Waals surface area contributed by atoms with Gasteiger partial charge in [-0.2, -0.15) is 5.10 Å². The number of halogens is 1. The van der Waals surface area contributed by atoms with Crippen molar-refractivity contribution in [3.05, 3.63) is 16.4 Å². The summed E-state index contributed by atoms with van der Waals surface area (Å²) in [5.74, 6) is 0. The molecule has 0 radical (unpaired) electrons. The van der Waals surface area contributed by atoms with Crippen LogP contribution >= 0.6 is 11.6 Å². The molecule has 0 aliphatic rings. The molecular weight excluding hydrogens is 214 g/mol. The van der Waals surface area contributed by atoms with E-state index in [9.17, 15) is 0 Å². The second-order valence-corrected chi connectivity index (χ2v) is 3.71. The van der Waals surface area contributed by atoms with Gasteiger partial charge in [0.25, 0.3) is 0 Å². The Bertz CT molecular complexity index is 312. The number of hydrogen-bond acceptors (Lipinski definition) is 3. The third-order valence-corrected chi connectivity index (χ3v) is 2.67. The van der Waals surface area contributed by atoms with Crippen LogP contribution < -0.4 is 5.32 Å². The summed E-state index contributed by atoms with van der Waals surface area (Å²) in [6.07, 6.45) is 0. The molecule has 1 rings (SSSR count). The zero-order chi connectivity index (χ0) is 11.3. The van der Waals surface area contributed by atoms with E-state index >= 15 is 0 Å². The molecule has 1 aromatic heterocycles. The van der Waals surface area contributed by atoms with Crippen LogP contribution in [0.4, 0.5) is 0 Å². The van der Waals surface area contributed by atoms with Crippen molar-refractivity contribution in [1.29, 1.82) is 0 Å². The Morgan fingerprint density at radius 3 is 2.80 bits per heavy atom. The average Bonchev–Trinajstić information content (AvgIpc) is 2.44. The summed E-state index contributed by atoms with van der Waals surface area (Å²) >= 11 is 6.08. The summed E-state index contributed by atoms with van der Waals surface area (Å²) in [5, 5.41) is 8.21. The molecule has 0 spiro atoms. The number of aryl methyl sites for hydroxylation is 2. The van der Waals surface area contributed by atoms with Crippen LogP contribution in [0.5, 0.6) is 0 Å². The van der Waals surface area contributed by atoms with E-state index in [1.807, 2.05) is 20.9 Å². The molecule has 0 bridgehead atoms. The van der Waals surface area contributed by atoms with E-state index in [0.29, 0.717) is 5.15 Å². The quantitative estimate of drug-likeness (QED) is 0.755. The van der Waals surface area contributed by atoms with Crippen molar-refractivity contribution in [2.45, 2.75) is 20.4 Å². The van der Waals surface area contributed by atoms with Crippen molar-refractivity contribution in [2.75, 3.05) is 19.8 Å². The lowest BCUT2D eigenvalue weighted by Crippen LogP contribution is -2.19. The molecule has 0 atom stereocenters. The van der Waals surface area contributed by atoms with E-state index in [1.165, 1.54) is 0 Å². The maximum atomic E-state index is 6.08. The monoisotopic (exact) mass is 231 g/mol. The molecular formula is C10H18ClN3O. The molecule has 0 aliphatic carbocycles. The molecule has 0 saturated heterocycles. The maximum Gasteiger partial charge on any atom is 0.131 e. The highest BCUT2D eigenvalue weighted by molar-refractivity contribution is 6.30. The summed E-state index contributed by atoms with van der Waals surface area (Å²) in [5.41, 5.74) is 2.04. The maximum absolute atomic E-state index is 6.08. The highest BCUT2D eigenvalue weighted by atomic mass is 35.5. The van der Waals surface area contributed by atoms with Crippen molar-refractivity contribution >= 4 is 11.6 Å². The summed E-state index contributed by atoms with van der Waals surface area (Å²) in [7, 11) is 1.85. The molecule has 1 aromatic rings. The first kappa shape index (κ1) is 12.5. The van der Waals surface area contributed by atoms with Crippen molar-refractivity contribution in [3.63, 3.8) is 0 Å². The molecule has 5 heteroatoms. The number of ether oxygens (including phenoxy) is 1. The van der Waals surface area contributed by atoms with Gasteiger partial charge in [0.1, 0.15) is 5.15 Å². The van der Waals surface area contributed by atoms with Crippen LogP contribution in [-0.2, 0) is 18.3 Å². The van der Waals surface area contributed by atoms with Crippen molar-refractivity contribution < 1.29 is 4.74 Å². The predicted octanol–water partition coefficient (Wildman–Crippen LogP) is 1.51. The minimum absolute atomic E-state index is 0.705. The van der Waals surface area contributed by atoms with E-state index in [-0.39, 0.29) is 0 Å². The van der Waals surface area contributed by atoms with Crippen LogP contribution in [0.25, 0.3) is 0 Å². The summed E-state index contributed by atoms with van der Waals surface area (Å²) in [6, 6.07) is 0. The molecule has 0 unspecified atom stereocenters. The van der Waals surface area contributed by atoms with E-state index in [2.05, 4.69) is 10.4 Å². The topological polar surface area (TPSA) is 39.1 Å². The first-order chi connectivity index (χ1) is 7.16. The number of aromatic nitrogens is 2. The molecule has 0 fully saturated rings. The van der Waals surface area contributed by atoms with Crippen LogP contribution in [0, 0.1) is 6.92 Å². The van der Waals surface area contributed by atoms with Crippen molar-refractivity contribution in [1.82, 2.24) is 15.1 Å². The normalized spacial score (nSPS) is 10.9. The van der Waals surface area contributed by atoms with Gasteiger partial charge in [-0.1, -0.05) is 11.6 Å². The molecule has 1 N–H and O–H groups in total. The predicted molar refractivity (Wildman–Crippen MR) is 61.2 cm³/mol. The Balaban J connectivity index is 2.37. The molecule has 0 aromatic carbocycles. The lowest BCUT2D eigenvalue weighted by Gasteiger charge is -2.04. The first-order valence-electron chi connectivity index (χ1n) is 5.13. The fourth-order valence-electron chi connectivity index (χ4n) is 1.38. The van der Waals surface area contributed by atoms with Gasteiger partial charge in [-0.3, -0.25) is 4.68 Å². The lowest BCUT2D eigenvalue weighted by atomic mass is 10.2. The van der Waals surface area contributed by atoms with Crippen LogP contribution in [0.3, 0.4) is 0 Å². The van der Waals surface area contributed by atoms with Gasteiger partial charge in [0, 0.05) is 32.3 Å². The van der Waals surface area contributed by atoms with Crippen molar-refractivity contribution in [3.8, 4) is 0 Å². The molecule has 0 aliphatic heterocycles. The SMILES string of the molecule is CCOCCNCc1c(C)nn(C)c1Cl. The second kappa shape index (κ2) is 6.10. The largest absolute Gasteiger partial charge is 0.380 e. The molecule has 0 amide bonds. The Morgan fingerprint density at radius 2 is 2.27 bits per heavy atom. The zero-order valence-electron chi connectivity index (χ0n) is 9.51. The number of nitrogens with zero attached hydrogens (tertiary/aromatic N) is 2. The van der Waals surface area contributed by atoms with Gasteiger partial charge < -0.3 is 10.1 Å². The summed E-state index contributed by atoms with van der Waals surface area (Å²) in [6.45, 7) is 7.01. The molecule has 86 valence electrons. The first-order valence-corrected chi connectivity index (χ1v) is 5.51. The third-order valence-electron chi connectivity index (χ3n) is 2.20. The molecule has 1 heterocycles. The van der Waals surface area contributed by atoms with E-state index in [4.69, 9.17) is 16.3 Å².